The van der Waals surface area contributed by atoms with Gasteiger partial charge in [0.2, 0.25) is 11.8 Å². The van der Waals surface area contributed by atoms with Gasteiger partial charge in [-0.15, -0.1) is 0 Å². The highest BCUT2D eigenvalue weighted by atomic mass is 35.5. The summed E-state index contributed by atoms with van der Waals surface area (Å²) in [6.07, 6.45) is 1.61. The molecule has 5 nitrogen and oxygen atoms in total. The third kappa shape index (κ3) is 6.43. The number of hydrogen-bond acceptors (Lipinski definition) is 3. The number of aryl methyl sites for hydroxylation is 1. The molecule has 0 heterocycles. The standard InChI is InChI=1S/C21H24Cl2N2O3/c1-3-12-25(14-20(26)24-18-10-9-16(22)13-17(18)23)21(27)11-8-15-6-4-5-7-19(15)28-2/h4-7,9-10,13H,3,8,11-12,14H2,1-2H3,(H,24,26). The van der Waals surface area contributed by atoms with Crippen molar-refractivity contribution in [2.24, 2.45) is 0 Å². The molecule has 28 heavy (non-hydrogen) atoms. The summed E-state index contributed by atoms with van der Waals surface area (Å²) in [5.41, 5.74) is 1.43. The van der Waals surface area contributed by atoms with Crippen LogP contribution in [-0.4, -0.2) is 36.9 Å². The van der Waals surface area contributed by atoms with Crippen LogP contribution in [0.5, 0.6) is 5.75 Å². The van der Waals surface area contributed by atoms with Gasteiger partial charge in [-0.05, 0) is 42.7 Å². The van der Waals surface area contributed by atoms with E-state index in [-0.39, 0.29) is 18.4 Å². The first-order valence-electron chi connectivity index (χ1n) is 9.09. The van der Waals surface area contributed by atoms with Crippen LogP contribution in [0.2, 0.25) is 10.0 Å². The van der Waals surface area contributed by atoms with Crippen molar-refractivity contribution in [3.05, 3.63) is 58.1 Å². The molecule has 0 saturated carbocycles. The smallest absolute Gasteiger partial charge is 0.244 e. The number of rotatable bonds is 9. The minimum atomic E-state index is -0.302. The molecule has 2 aromatic carbocycles. The van der Waals surface area contributed by atoms with Crippen LogP contribution in [0.25, 0.3) is 0 Å². The van der Waals surface area contributed by atoms with E-state index in [0.29, 0.717) is 35.1 Å². The van der Waals surface area contributed by atoms with Crippen molar-refractivity contribution in [2.45, 2.75) is 26.2 Å². The highest BCUT2D eigenvalue weighted by molar-refractivity contribution is 6.36. The average Bonchev–Trinajstić information content (AvgIpc) is 2.68. The van der Waals surface area contributed by atoms with Crippen molar-refractivity contribution in [3.63, 3.8) is 0 Å². The molecule has 0 aliphatic rings. The summed E-state index contributed by atoms with van der Waals surface area (Å²) in [5, 5.41) is 3.57. The summed E-state index contributed by atoms with van der Waals surface area (Å²) in [6.45, 7) is 2.44. The fourth-order valence-corrected chi connectivity index (χ4v) is 3.28. The SMILES string of the molecule is CCCN(CC(=O)Nc1ccc(Cl)cc1Cl)C(=O)CCc1ccccc1OC. The molecule has 0 spiro atoms. The van der Waals surface area contributed by atoms with E-state index < -0.39 is 0 Å². The van der Waals surface area contributed by atoms with Crippen LogP contribution in [0.1, 0.15) is 25.3 Å². The fourth-order valence-electron chi connectivity index (χ4n) is 2.82. The first-order valence-corrected chi connectivity index (χ1v) is 9.84. The molecule has 0 radical (unpaired) electrons. The molecule has 0 bridgehead atoms. The first kappa shape index (κ1) is 22.1. The average molecular weight is 423 g/mol. The normalized spacial score (nSPS) is 10.4. The second-order valence-corrected chi connectivity index (χ2v) is 7.14. The number of ether oxygens (including phenoxy) is 1. The number of carbonyl (C=O) groups excluding carboxylic acids is 2. The highest BCUT2D eigenvalue weighted by Gasteiger charge is 2.18. The van der Waals surface area contributed by atoms with Crippen LogP contribution >= 0.6 is 23.2 Å². The number of amides is 2. The van der Waals surface area contributed by atoms with E-state index in [2.05, 4.69) is 5.32 Å². The number of nitrogens with zero attached hydrogens (tertiary/aromatic N) is 1. The predicted molar refractivity (Wildman–Crippen MR) is 113 cm³/mol. The molecule has 2 amide bonds. The zero-order valence-corrected chi connectivity index (χ0v) is 17.5. The van der Waals surface area contributed by atoms with Gasteiger partial charge in [-0.3, -0.25) is 9.59 Å². The lowest BCUT2D eigenvalue weighted by Gasteiger charge is -2.22. The zero-order valence-electron chi connectivity index (χ0n) is 16.0. The monoisotopic (exact) mass is 422 g/mol. The molecule has 2 rings (SSSR count). The summed E-state index contributed by atoms with van der Waals surface area (Å²) >= 11 is 12.0. The third-order valence-electron chi connectivity index (χ3n) is 4.19. The first-order chi connectivity index (χ1) is 13.4. The lowest BCUT2D eigenvalue weighted by atomic mass is 10.1. The summed E-state index contributed by atoms with van der Waals surface area (Å²) in [6, 6.07) is 12.4. The van der Waals surface area contributed by atoms with Crippen LogP contribution in [0.4, 0.5) is 5.69 Å². The topological polar surface area (TPSA) is 58.6 Å². The van der Waals surface area contributed by atoms with Gasteiger partial charge in [0.05, 0.1) is 24.4 Å². The maximum Gasteiger partial charge on any atom is 0.244 e. The Bertz CT molecular complexity index is 827. The molecule has 0 fully saturated rings. The van der Waals surface area contributed by atoms with E-state index in [1.807, 2.05) is 31.2 Å². The molecule has 7 heteroatoms. The molecule has 1 N–H and O–H groups in total. The zero-order chi connectivity index (χ0) is 20.5. The summed E-state index contributed by atoms with van der Waals surface area (Å²) in [7, 11) is 1.61. The van der Waals surface area contributed by atoms with Gasteiger partial charge in [0, 0.05) is 18.0 Å². The number of benzene rings is 2. The van der Waals surface area contributed by atoms with Crippen LogP contribution < -0.4 is 10.1 Å². The number of hydrogen-bond donors (Lipinski definition) is 1. The molecule has 150 valence electrons. The Balaban J connectivity index is 1.97. The van der Waals surface area contributed by atoms with Gasteiger partial charge in [0.1, 0.15) is 5.75 Å². The third-order valence-corrected chi connectivity index (χ3v) is 4.73. The molecule has 0 aliphatic heterocycles. The van der Waals surface area contributed by atoms with E-state index in [1.54, 1.807) is 30.2 Å². The van der Waals surface area contributed by atoms with E-state index >= 15 is 0 Å². The van der Waals surface area contributed by atoms with Crippen molar-refractivity contribution in [2.75, 3.05) is 25.5 Å². The minimum absolute atomic E-state index is 0.0302. The lowest BCUT2D eigenvalue weighted by molar-refractivity contribution is -0.134. The lowest BCUT2D eigenvalue weighted by Crippen LogP contribution is -2.38. The van der Waals surface area contributed by atoms with Crippen LogP contribution in [0, 0.1) is 0 Å². The molecule has 0 atom stereocenters. The maximum absolute atomic E-state index is 12.7. The number of methoxy groups -OCH3 is 1. The van der Waals surface area contributed by atoms with Crippen molar-refractivity contribution in [1.29, 1.82) is 0 Å². The van der Waals surface area contributed by atoms with Gasteiger partial charge < -0.3 is 15.0 Å². The van der Waals surface area contributed by atoms with E-state index in [0.717, 1.165) is 17.7 Å². The maximum atomic E-state index is 12.7. The molecule has 0 saturated heterocycles. The van der Waals surface area contributed by atoms with Crippen molar-refractivity contribution in [1.82, 2.24) is 4.90 Å². The Hall–Kier alpha value is -2.24. The van der Waals surface area contributed by atoms with Crippen molar-refractivity contribution in [3.8, 4) is 5.75 Å². The number of halogens is 2. The van der Waals surface area contributed by atoms with Gasteiger partial charge in [0.15, 0.2) is 0 Å². The largest absolute Gasteiger partial charge is 0.496 e. The number of nitrogens with one attached hydrogen (secondary N) is 1. The fraction of sp³-hybridized carbons (Fsp3) is 0.333. The van der Waals surface area contributed by atoms with E-state index in [9.17, 15) is 9.59 Å². The molecular weight excluding hydrogens is 399 g/mol. The van der Waals surface area contributed by atoms with Gasteiger partial charge in [-0.2, -0.15) is 0 Å². The predicted octanol–water partition coefficient (Wildman–Crippen LogP) is 4.81. The summed E-state index contributed by atoms with van der Waals surface area (Å²) in [5.74, 6) is 0.376. The number of anilines is 1. The Kier molecular flexibility index (Phi) is 8.61. The van der Waals surface area contributed by atoms with Gasteiger partial charge in [-0.25, -0.2) is 0 Å². The van der Waals surface area contributed by atoms with Gasteiger partial charge >= 0.3 is 0 Å². The summed E-state index contributed by atoms with van der Waals surface area (Å²) in [4.78, 5) is 26.6. The minimum Gasteiger partial charge on any atom is -0.496 e. The Morgan fingerprint density at radius 1 is 1.14 bits per heavy atom. The van der Waals surface area contributed by atoms with Crippen molar-refractivity contribution < 1.29 is 14.3 Å². The van der Waals surface area contributed by atoms with E-state index in [1.165, 1.54) is 0 Å². The van der Waals surface area contributed by atoms with Crippen LogP contribution in [-0.2, 0) is 16.0 Å². The van der Waals surface area contributed by atoms with Crippen LogP contribution in [0.3, 0.4) is 0 Å². The van der Waals surface area contributed by atoms with Crippen LogP contribution in [0.15, 0.2) is 42.5 Å². The summed E-state index contributed by atoms with van der Waals surface area (Å²) < 4.78 is 5.33. The second kappa shape index (κ2) is 10.9. The molecule has 0 aromatic heterocycles. The number of para-hydroxylation sites is 1. The van der Waals surface area contributed by atoms with Gasteiger partial charge in [-0.1, -0.05) is 48.3 Å². The van der Waals surface area contributed by atoms with Crippen molar-refractivity contribution >= 4 is 40.7 Å². The number of carbonyl (C=O) groups is 2. The molecule has 2 aromatic rings. The van der Waals surface area contributed by atoms with Gasteiger partial charge in [0.25, 0.3) is 0 Å². The quantitative estimate of drug-likeness (QED) is 0.630. The Morgan fingerprint density at radius 2 is 1.89 bits per heavy atom. The Labute approximate surface area is 175 Å². The molecule has 0 unspecified atom stereocenters. The highest BCUT2D eigenvalue weighted by Crippen LogP contribution is 2.25. The Morgan fingerprint density at radius 3 is 2.57 bits per heavy atom. The molecule has 0 aliphatic carbocycles. The molecular formula is C21H24Cl2N2O3. The second-order valence-electron chi connectivity index (χ2n) is 6.30. The van der Waals surface area contributed by atoms with E-state index in [4.69, 9.17) is 27.9 Å².